The van der Waals surface area contributed by atoms with Crippen LogP contribution in [0.15, 0.2) is 0 Å². The maximum absolute atomic E-state index is 12.1. The molecule has 2 aliphatic rings. The first-order valence-electron chi connectivity index (χ1n) is 6.85. The number of hydrogen-bond acceptors (Lipinski definition) is 3. The lowest BCUT2D eigenvalue weighted by molar-refractivity contribution is -0.129. The van der Waals surface area contributed by atoms with Crippen LogP contribution in [0.4, 0.5) is 0 Å². The molecule has 0 aromatic rings. The highest BCUT2D eigenvalue weighted by molar-refractivity contribution is 5.82. The highest BCUT2D eigenvalue weighted by Gasteiger charge is 2.36. The third kappa shape index (κ3) is 2.99. The van der Waals surface area contributed by atoms with Gasteiger partial charge in [0.05, 0.1) is 5.41 Å². The van der Waals surface area contributed by atoms with Crippen molar-refractivity contribution in [3.63, 3.8) is 0 Å². The van der Waals surface area contributed by atoms with Gasteiger partial charge in [-0.1, -0.05) is 0 Å². The summed E-state index contributed by atoms with van der Waals surface area (Å²) in [7, 11) is 0. The van der Waals surface area contributed by atoms with Gasteiger partial charge in [0.1, 0.15) is 0 Å². The van der Waals surface area contributed by atoms with Crippen LogP contribution in [0.2, 0.25) is 0 Å². The summed E-state index contributed by atoms with van der Waals surface area (Å²) in [6, 6.07) is 0.472. The molecule has 2 N–H and O–H groups in total. The van der Waals surface area contributed by atoms with Crippen molar-refractivity contribution < 1.29 is 4.79 Å². The summed E-state index contributed by atoms with van der Waals surface area (Å²) in [5.74, 6) is 0.216. The second kappa shape index (κ2) is 5.36. The summed E-state index contributed by atoms with van der Waals surface area (Å²) in [5.41, 5.74) is -0.190. The van der Waals surface area contributed by atoms with Crippen LogP contribution in [0.25, 0.3) is 0 Å². The molecule has 0 aromatic heterocycles. The minimum Gasteiger partial charge on any atom is -0.354 e. The van der Waals surface area contributed by atoms with E-state index in [1.807, 2.05) is 0 Å². The molecule has 17 heavy (non-hydrogen) atoms. The van der Waals surface area contributed by atoms with Crippen molar-refractivity contribution in [2.75, 3.05) is 32.7 Å². The van der Waals surface area contributed by atoms with Gasteiger partial charge in [-0.2, -0.15) is 0 Å². The lowest BCUT2D eigenvalue weighted by atomic mass is 9.89. The van der Waals surface area contributed by atoms with E-state index in [9.17, 15) is 4.79 Å². The Kier molecular flexibility index (Phi) is 4.05. The monoisotopic (exact) mass is 239 g/mol. The zero-order valence-corrected chi connectivity index (χ0v) is 11.1. The maximum atomic E-state index is 12.1. The highest BCUT2D eigenvalue weighted by atomic mass is 16.2. The van der Waals surface area contributed by atoms with Crippen LogP contribution in [-0.4, -0.2) is 49.6 Å². The van der Waals surface area contributed by atoms with E-state index >= 15 is 0 Å². The molecule has 2 fully saturated rings. The Bertz CT molecular complexity index is 268. The van der Waals surface area contributed by atoms with Gasteiger partial charge in [-0.05, 0) is 52.7 Å². The van der Waals surface area contributed by atoms with Crippen molar-refractivity contribution in [3.05, 3.63) is 0 Å². The standard InChI is InChI=1S/C13H25N3O/c1-11(16-7-3-4-8-16)9-15-12(17)13(2)5-6-14-10-13/h11,14H,3-10H2,1-2H3,(H,15,17). The Labute approximate surface area is 104 Å². The van der Waals surface area contributed by atoms with Gasteiger partial charge < -0.3 is 10.6 Å². The second-order valence-corrected chi connectivity index (χ2v) is 5.79. The topological polar surface area (TPSA) is 44.4 Å². The summed E-state index contributed by atoms with van der Waals surface area (Å²) in [6.45, 7) is 9.21. The van der Waals surface area contributed by atoms with Crippen LogP contribution in [0.5, 0.6) is 0 Å². The molecular weight excluding hydrogens is 214 g/mol. The van der Waals surface area contributed by atoms with Gasteiger partial charge in [0, 0.05) is 19.1 Å². The number of nitrogens with one attached hydrogen (secondary N) is 2. The van der Waals surface area contributed by atoms with Crippen molar-refractivity contribution >= 4 is 5.91 Å². The van der Waals surface area contributed by atoms with E-state index in [-0.39, 0.29) is 11.3 Å². The molecule has 1 amide bonds. The van der Waals surface area contributed by atoms with Crippen molar-refractivity contribution in [1.82, 2.24) is 15.5 Å². The molecule has 2 rings (SSSR count). The number of amides is 1. The van der Waals surface area contributed by atoms with Gasteiger partial charge in [0.25, 0.3) is 0 Å². The van der Waals surface area contributed by atoms with Crippen molar-refractivity contribution in [2.45, 2.75) is 39.2 Å². The molecule has 2 aliphatic heterocycles. The molecule has 0 aliphatic carbocycles. The number of carbonyl (C=O) groups is 1. The van der Waals surface area contributed by atoms with Gasteiger partial charge in [-0.25, -0.2) is 0 Å². The van der Waals surface area contributed by atoms with Crippen LogP contribution in [0.3, 0.4) is 0 Å². The molecular formula is C13H25N3O. The van der Waals surface area contributed by atoms with Crippen molar-refractivity contribution in [3.8, 4) is 0 Å². The first-order valence-corrected chi connectivity index (χ1v) is 6.85. The average Bonchev–Trinajstić information content (AvgIpc) is 2.96. The molecule has 0 saturated carbocycles. The fraction of sp³-hybridized carbons (Fsp3) is 0.923. The largest absolute Gasteiger partial charge is 0.354 e. The Morgan fingerprint density at radius 1 is 1.47 bits per heavy atom. The Balaban J connectivity index is 1.75. The quantitative estimate of drug-likeness (QED) is 0.754. The zero-order chi connectivity index (χ0) is 12.3. The number of rotatable bonds is 4. The first-order chi connectivity index (χ1) is 8.12. The van der Waals surface area contributed by atoms with Crippen LogP contribution < -0.4 is 10.6 Å². The predicted octanol–water partition coefficient (Wildman–Crippen LogP) is 0.587. The van der Waals surface area contributed by atoms with E-state index in [0.717, 1.165) is 26.1 Å². The van der Waals surface area contributed by atoms with Gasteiger partial charge in [-0.3, -0.25) is 9.69 Å². The van der Waals surface area contributed by atoms with E-state index in [4.69, 9.17) is 0 Å². The van der Waals surface area contributed by atoms with Crippen LogP contribution >= 0.6 is 0 Å². The minimum atomic E-state index is -0.190. The summed E-state index contributed by atoms with van der Waals surface area (Å²) >= 11 is 0. The van der Waals surface area contributed by atoms with Crippen molar-refractivity contribution in [1.29, 1.82) is 0 Å². The van der Waals surface area contributed by atoms with Crippen LogP contribution in [0, 0.1) is 5.41 Å². The van der Waals surface area contributed by atoms with Crippen LogP contribution in [0.1, 0.15) is 33.1 Å². The van der Waals surface area contributed by atoms with E-state index in [1.165, 1.54) is 25.9 Å². The normalized spacial score (nSPS) is 31.6. The summed E-state index contributed by atoms with van der Waals surface area (Å²) in [5, 5.41) is 6.39. The fourth-order valence-electron chi connectivity index (χ4n) is 2.78. The molecule has 0 radical (unpaired) electrons. The Morgan fingerprint density at radius 3 is 2.76 bits per heavy atom. The van der Waals surface area contributed by atoms with Gasteiger partial charge in [-0.15, -0.1) is 0 Å². The van der Waals surface area contributed by atoms with E-state index < -0.39 is 0 Å². The lowest BCUT2D eigenvalue weighted by Crippen LogP contribution is -2.46. The van der Waals surface area contributed by atoms with Crippen molar-refractivity contribution in [2.24, 2.45) is 5.41 Å². The van der Waals surface area contributed by atoms with Gasteiger partial charge in [0.2, 0.25) is 5.91 Å². The molecule has 0 aromatic carbocycles. The Hall–Kier alpha value is -0.610. The number of carbonyl (C=O) groups excluding carboxylic acids is 1. The Morgan fingerprint density at radius 2 is 2.18 bits per heavy atom. The van der Waals surface area contributed by atoms with Crippen LogP contribution in [-0.2, 0) is 4.79 Å². The number of likely N-dealkylation sites (tertiary alicyclic amines) is 1. The molecule has 2 heterocycles. The molecule has 2 saturated heterocycles. The molecule has 2 atom stereocenters. The fourth-order valence-corrected chi connectivity index (χ4v) is 2.78. The molecule has 4 nitrogen and oxygen atoms in total. The summed E-state index contributed by atoms with van der Waals surface area (Å²) in [6.07, 6.45) is 3.57. The maximum Gasteiger partial charge on any atom is 0.227 e. The molecule has 0 spiro atoms. The molecule has 2 unspecified atom stereocenters. The minimum absolute atomic E-state index is 0.190. The molecule has 98 valence electrons. The lowest BCUT2D eigenvalue weighted by Gasteiger charge is -2.27. The third-order valence-electron chi connectivity index (χ3n) is 4.24. The van der Waals surface area contributed by atoms with Gasteiger partial charge >= 0.3 is 0 Å². The van der Waals surface area contributed by atoms with E-state index in [0.29, 0.717) is 6.04 Å². The highest BCUT2D eigenvalue weighted by Crippen LogP contribution is 2.24. The molecule has 0 bridgehead atoms. The zero-order valence-electron chi connectivity index (χ0n) is 11.1. The van der Waals surface area contributed by atoms with Gasteiger partial charge in [0.15, 0.2) is 0 Å². The summed E-state index contributed by atoms with van der Waals surface area (Å²) < 4.78 is 0. The van der Waals surface area contributed by atoms with E-state index in [1.54, 1.807) is 0 Å². The SMILES string of the molecule is CC(CNC(=O)C1(C)CCNC1)N1CCCC1. The first kappa shape index (κ1) is 12.8. The summed E-state index contributed by atoms with van der Waals surface area (Å²) in [4.78, 5) is 14.6. The average molecular weight is 239 g/mol. The smallest absolute Gasteiger partial charge is 0.227 e. The second-order valence-electron chi connectivity index (χ2n) is 5.79. The molecule has 4 heteroatoms. The van der Waals surface area contributed by atoms with E-state index in [2.05, 4.69) is 29.4 Å². The predicted molar refractivity (Wildman–Crippen MR) is 68.9 cm³/mol. The third-order valence-corrected chi connectivity index (χ3v) is 4.24. The number of nitrogens with zero attached hydrogens (tertiary/aromatic N) is 1. The number of hydrogen-bond donors (Lipinski definition) is 2.